The van der Waals surface area contributed by atoms with Crippen molar-refractivity contribution < 1.29 is 4.74 Å². The smallest absolute Gasteiger partial charge is 0.122 e. The van der Waals surface area contributed by atoms with Gasteiger partial charge < -0.3 is 10.1 Å². The summed E-state index contributed by atoms with van der Waals surface area (Å²) in [5.74, 6) is 0. The first kappa shape index (κ1) is 13.0. The number of rotatable bonds is 5. The van der Waals surface area contributed by atoms with Crippen molar-refractivity contribution in [1.29, 1.82) is 0 Å². The lowest BCUT2D eigenvalue weighted by Crippen LogP contribution is -2.21. The number of fused-ring (bicyclic) bond motifs is 1. The van der Waals surface area contributed by atoms with E-state index in [9.17, 15) is 0 Å². The van der Waals surface area contributed by atoms with Gasteiger partial charge in [-0.3, -0.25) is 0 Å². The van der Waals surface area contributed by atoms with Crippen LogP contribution < -0.4 is 5.32 Å². The third-order valence-electron chi connectivity index (χ3n) is 3.43. The van der Waals surface area contributed by atoms with Crippen molar-refractivity contribution in [2.45, 2.75) is 51.2 Å². The zero-order chi connectivity index (χ0) is 12.3. The molecule has 0 radical (unpaired) electrons. The van der Waals surface area contributed by atoms with Gasteiger partial charge in [0.2, 0.25) is 0 Å². The first-order valence-electron chi connectivity index (χ1n) is 6.49. The molecule has 1 aromatic heterocycles. The van der Waals surface area contributed by atoms with Crippen LogP contribution in [0.15, 0.2) is 0 Å². The van der Waals surface area contributed by atoms with Crippen LogP contribution in [0.25, 0.3) is 0 Å². The van der Waals surface area contributed by atoms with Crippen LogP contribution in [0.4, 0.5) is 0 Å². The molecule has 0 aliphatic heterocycles. The maximum atomic E-state index is 5.55. The largest absolute Gasteiger partial charge is 0.374 e. The number of aromatic nitrogens is 1. The minimum absolute atomic E-state index is 0.188. The number of thiazole rings is 1. The van der Waals surface area contributed by atoms with Crippen molar-refractivity contribution in [3.63, 3.8) is 0 Å². The molecule has 0 fully saturated rings. The third kappa shape index (κ3) is 2.69. The van der Waals surface area contributed by atoms with Gasteiger partial charge in [-0.25, -0.2) is 4.98 Å². The summed E-state index contributed by atoms with van der Waals surface area (Å²) in [6.07, 6.45) is 6.05. The zero-order valence-corrected chi connectivity index (χ0v) is 11.8. The monoisotopic (exact) mass is 254 g/mol. The van der Waals surface area contributed by atoms with Gasteiger partial charge in [0.1, 0.15) is 11.1 Å². The van der Waals surface area contributed by atoms with E-state index in [4.69, 9.17) is 9.72 Å². The van der Waals surface area contributed by atoms with Crippen LogP contribution in [-0.4, -0.2) is 19.1 Å². The number of ether oxygens (including phenoxy) is 1. The van der Waals surface area contributed by atoms with Gasteiger partial charge in [0.25, 0.3) is 0 Å². The topological polar surface area (TPSA) is 34.1 Å². The van der Waals surface area contributed by atoms with Crippen molar-refractivity contribution in [2.24, 2.45) is 0 Å². The number of methoxy groups -OCH3 is 1. The van der Waals surface area contributed by atoms with Crippen molar-refractivity contribution in [3.8, 4) is 0 Å². The minimum Gasteiger partial charge on any atom is -0.374 e. The molecule has 3 nitrogen and oxygen atoms in total. The molecular weight excluding hydrogens is 232 g/mol. The van der Waals surface area contributed by atoms with Crippen molar-refractivity contribution >= 4 is 11.3 Å². The summed E-state index contributed by atoms with van der Waals surface area (Å²) in [6, 6.07) is 0.447. The average Bonchev–Trinajstić information content (AvgIpc) is 2.79. The Labute approximate surface area is 108 Å². The maximum absolute atomic E-state index is 5.55. The lowest BCUT2D eigenvalue weighted by atomic mass is 9.98. The molecule has 0 spiro atoms. The summed E-state index contributed by atoms with van der Waals surface area (Å²) in [4.78, 5) is 6.29. The van der Waals surface area contributed by atoms with Gasteiger partial charge in [0.15, 0.2) is 0 Å². The number of nitrogens with zero attached hydrogens (tertiary/aromatic N) is 1. The zero-order valence-electron chi connectivity index (χ0n) is 11.0. The van der Waals surface area contributed by atoms with Crippen molar-refractivity contribution in [2.75, 3.05) is 14.2 Å². The Bertz CT molecular complexity index is 364. The molecule has 0 amide bonds. The normalized spacial score (nSPS) is 21.2. The van der Waals surface area contributed by atoms with Gasteiger partial charge in [-0.2, -0.15) is 0 Å². The Hall–Kier alpha value is -0.450. The van der Waals surface area contributed by atoms with E-state index in [0.29, 0.717) is 6.04 Å². The molecule has 17 heavy (non-hydrogen) atoms. The van der Waals surface area contributed by atoms with Crippen molar-refractivity contribution in [3.05, 3.63) is 15.6 Å². The second-order valence-corrected chi connectivity index (χ2v) is 5.72. The van der Waals surface area contributed by atoms with Crippen LogP contribution in [0.5, 0.6) is 0 Å². The summed E-state index contributed by atoms with van der Waals surface area (Å²) in [5, 5.41) is 4.53. The number of nitrogens with one attached hydrogen (secondary N) is 1. The fourth-order valence-corrected chi connectivity index (χ4v) is 3.74. The Balaban J connectivity index is 2.23. The quantitative estimate of drug-likeness (QED) is 0.876. The lowest BCUT2D eigenvalue weighted by Gasteiger charge is -2.19. The van der Waals surface area contributed by atoms with E-state index < -0.39 is 0 Å². The molecule has 96 valence electrons. The molecular formula is C13H22N2OS. The Morgan fingerprint density at radius 1 is 1.59 bits per heavy atom. The highest BCUT2D eigenvalue weighted by Gasteiger charge is 2.25. The van der Waals surface area contributed by atoms with E-state index in [1.54, 1.807) is 7.11 Å². The van der Waals surface area contributed by atoms with E-state index in [-0.39, 0.29) is 6.10 Å². The fourth-order valence-electron chi connectivity index (χ4n) is 2.46. The molecule has 1 heterocycles. The highest BCUT2D eigenvalue weighted by molar-refractivity contribution is 7.11. The van der Waals surface area contributed by atoms with Crippen LogP contribution in [0.3, 0.4) is 0 Å². The predicted octanol–water partition coefficient (Wildman–Crippen LogP) is 3.23. The van der Waals surface area contributed by atoms with Gasteiger partial charge in [-0.05, 0) is 32.7 Å². The molecule has 1 aliphatic carbocycles. The van der Waals surface area contributed by atoms with Crippen LogP contribution in [0, 0.1) is 0 Å². The van der Waals surface area contributed by atoms with Gasteiger partial charge >= 0.3 is 0 Å². The summed E-state index contributed by atoms with van der Waals surface area (Å²) >= 11 is 1.85. The first-order valence-corrected chi connectivity index (χ1v) is 7.31. The molecule has 1 aliphatic rings. The number of hydrogen-bond donors (Lipinski definition) is 1. The summed E-state index contributed by atoms with van der Waals surface area (Å²) in [5.41, 5.74) is 1.27. The van der Waals surface area contributed by atoms with E-state index in [0.717, 1.165) is 12.8 Å². The number of hydrogen-bond acceptors (Lipinski definition) is 4. The second-order valence-electron chi connectivity index (χ2n) is 4.61. The van der Waals surface area contributed by atoms with E-state index in [1.807, 2.05) is 18.4 Å². The SMILES string of the molecule is CCCC(OC)c1nc2c(s1)CCCC2NC. The highest BCUT2D eigenvalue weighted by atomic mass is 32.1. The Morgan fingerprint density at radius 3 is 3.06 bits per heavy atom. The predicted molar refractivity (Wildman–Crippen MR) is 71.5 cm³/mol. The molecule has 1 N–H and O–H groups in total. The van der Waals surface area contributed by atoms with Crippen LogP contribution in [-0.2, 0) is 11.2 Å². The molecule has 2 unspecified atom stereocenters. The molecule has 2 rings (SSSR count). The minimum atomic E-state index is 0.188. The molecule has 1 aromatic rings. The molecule has 0 bridgehead atoms. The molecule has 4 heteroatoms. The molecule has 0 saturated carbocycles. The highest BCUT2D eigenvalue weighted by Crippen LogP contribution is 2.36. The van der Waals surface area contributed by atoms with Gasteiger partial charge in [-0.1, -0.05) is 13.3 Å². The van der Waals surface area contributed by atoms with E-state index in [2.05, 4.69) is 12.2 Å². The molecule has 0 aromatic carbocycles. The third-order valence-corrected chi connectivity index (χ3v) is 4.65. The molecule has 2 atom stereocenters. The Kier molecular flexibility index (Phi) is 4.54. The van der Waals surface area contributed by atoms with Crippen LogP contribution in [0.2, 0.25) is 0 Å². The van der Waals surface area contributed by atoms with Gasteiger partial charge in [0.05, 0.1) is 11.7 Å². The summed E-state index contributed by atoms with van der Waals surface area (Å²) < 4.78 is 5.55. The second kappa shape index (κ2) is 5.94. The van der Waals surface area contributed by atoms with E-state index >= 15 is 0 Å². The average molecular weight is 254 g/mol. The van der Waals surface area contributed by atoms with Gasteiger partial charge in [0, 0.05) is 12.0 Å². The van der Waals surface area contributed by atoms with Crippen LogP contribution >= 0.6 is 11.3 Å². The molecule has 0 saturated heterocycles. The summed E-state index contributed by atoms with van der Waals surface area (Å²) in [6.45, 7) is 2.19. The Morgan fingerprint density at radius 2 is 2.41 bits per heavy atom. The summed E-state index contributed by atoms with van der Waals surface area (Å²) in [7, 11) is 3.81. The fraction of sp³-hybridized carbons (Fsp3) is 0.769. The standard InChI is InChI=1S/C13H22N2OS/c1-4-6-10(16-3)13-15-12-9(14-2)7-5-8-11(12)17-13/h9-10,14H,4-8H2,1-3H3. The lowest BCUT2D eigenvalue weighted by molar-refractivity contribution is 0.0945. The van der Waals surface area contributed by atoms with E-state index in [1.165, 1.54) is 34.8 Å². The van der Waals surface area contributed by atoms with Crippen LogP contribution in [0.1, 0.15) is 60.3 Å². The van der Waals surface area contributed by atoms with Gasteiger partial charge in [-0.15, -0.1) is 11.3 Å². The first-order chi connectivity index (χ1) is 8.30. The maximum Gasteiger partial charge on any atom is 0.122 e. The number of aryl methyl sites for hydroxylation is 1. The van der Waals surface area contributed by atoms with Crippen molar-refractivity contribution in [1.82, 2.24) is 10.3 Å².